The van der Waals surface area contributed by atoms with Gasteiger partial charge in [-0.1, -0.05) is 29.3 Å². The molecule has 0 aliphatic carbocycles. The van der Waals surface area contributed by atoms with E-state index in [-0.39, 0.29) is 0 Å². The molecule has 0 aliphatic rings. The Bertz CT molecular complexity index is 511. The van der Waals surface area contributed by atoms with Gasteiger partial charge in [0.05, 0.1) is 6.26 Å². The van der Waals surface area contributed by atoms with Crippen LogP contribution in [-0.2, 0) is 12.8 Å². The number of rotatable bonds is 6. The Balaban J connectivity index is 1.76. The van der Waals surface area contributed by atoms with Crippen molar-refractivity contribution in [1.29, 1.82) is 0 Å². The molecule has 2 aromatic rings. The summed E-state index contributed by atoms with van der Waals surface area (Å²) in [6, 6.07) is 9.91. The Hall–Kier alpha value is -0.960. The molecular weight excluding hydrogens is 281 g/mol. The topological polar surface area (TPSA) is 25.2 Å². The highest BCUT2D eigenvalue weighted by Crippen LogP contribution is 2.21. The summed E-state index contributed by atoms with van der Waals surface area (Å²) in [5.74, 6) is 1.00. The van der Waals surface area contributed by atoms with E-state index >= 15 is 0 Å². The molecule has 2 rings (SSSR count). The molecule has 0 amide bonds. The first kappa shape index (κ1) is 14.4. The molecule has 0 aliphatic heterocycles. The predicted molar refractivity (Wildman–Crippen MR) is 80.0 cm³/mol. The third-order valence-corrected chi connectivity index (χ3v) is 3.58. The molecule has 4 heteroatoms. The van der Waals surface area contributed by atoms with Gasteiger partial charge in [-0.25, -0.2) is 0 Å². The molecule has 0 saturated heterocycles. The molecule has 0 spiro atoms. The Morgan fingerprint density at radius 3 is 2.79 bits per heavy atom. The van der Waals surface area contributed by atoms with Crippen molar-refractivity contribution in [2.45, 2.75) is 25.8 Å². The number of nitrogens with one attached hydrogen (secondary N) is 1. The van der Waals surface area contributed by atoms with Gasteiger partial charge >= 0.3 is 0 Å². The van der Waals surface area contributed by atoms with Crippen LogP contribution in [0.4, 0.5) is 0 Å². The molecule has 1 N–H and O–H groups in total. The van der Waals surface area contributed by atoms with E-state index in [0.717, 1.165) is 35.7 Å². The first-order valence-corrected chi connectivity index (χ1v) is 7.10. The van der Waals surface area contributed by atoms with Gasteiger partial charge in [-0.05, 0) is 49.7 Å². The lowest BCUT2D eigenvalue weighted by Crippen LogP contribution is -2.29. The molecular formula is C15H17Cl2NO. The van der Waals surface area contributed by atoms with Gasteiger partial charge < -0.3 is 9.73 Å². The average Bonchev–Trinajstić information content (AvgIpc) is 2.84. The molecule has 1 unspecified atom stereocenters. The first-order chi connectivity index (χ1) is 9.15. The Labute approximate surface area is 123 Å². The third kappa shape index (κ3) is 4.57. The maximum atomic E-state index is 6.13. The molecule has 0 fully saturated rings. The normalized spacial score (nSPS) is 12.6. The second-order valence-electron chi connectivity index (χ2n) is 4.62. The van der Waals surface area contributed by atoms with Gasteiger partial charge in [0.15, 0.2) is 0 Å². The van der Waals surface area contributed by atoms with Gasteiger partial charge in [0.25, 0.3) is 0 Å². The fraction of sp³-hybridized carbons (Fsp3) is 0.333. The Morgan fingerprint density at radius 1 is 1.26 bits per heavy atom. The molecule has 2 nitrogen and oxygen atoms in total. The van der Waals surface area contributed by atoms with Crippen molar-refractivity contribution in [2.24, 2.45) is 0 Å². The van der Waals surface area contributed by atoms with Crippen LogP contribution in [0.15, 0.2) is 41.0 Å². The lowest BCUT2D eigenvalue weighted by molar-refractivity contribution is 0.458. The monoisotopic (exact) mass is 297 g/mol. The molecule has 1 aromatic carbocycles. The molecule has 0 bridgehead atoms. The highest BCUT2D eigenvalue weighted by atomic mass is 35.5. The quantitative estimate of drug-likeness (QED) is 0.857. The minimum absolute atomic E-state index is 0.372. The van der Waals surface area contributed by atoms with Gasteiger partial charge in [0.2, 0.25) is 0 Å². The van der Waals surface area contributed by atoms with Gasteiger partial charge in [-0.15, -0.1) is 0 Å². The van der Waals surface area contributed by atoms with E-state index in [9.17, 15) is 0 Å². The van der Waals surface area contributed by atoms with Crippen molar-refractivity contribution in [3.8, 4) is 0 Å². The number of halogens is 2. The van der Waals surface area contributed by atoms with E-state index in [4.69, 9.17) is 27.6 Å². The largest absolute Gasteiger partial charge is 0.469 e. The molecule has 1 atom stereocenters. The summed E-state index contributed by atoms with van der Waals surface area (Å²) in [7, 11) is 0. The summed E-state index contributed by atoms with van der Waals surface area (Å²) in [6.07, 6.45) is 3.48. The number of hydrogen-bond acceptors (Lipinski definition) is 2. The van der Waals surface area contributed by atoms with Crippen molar-refractivity contribution >= 4 is 23.2 Å². The van der Waals surface area contributed by atoms with Crippen LogP contribution in [0.1, 0.15) is 18.2 Å². The molecule has 102 valence electrons. The second-order valence-corrected chi connectivity index (χ2v) is 5.47. The van der Waals surface area contributed by atoms with Crippen LogP contribution >= 0.6 is 23.2 Å². The zero-order valence-electron chi connectivity index (χ0n) is 10.8. The zero-order chi connectivity index (χ0) is 13.7. The van der Waals surface area contributed by atoms with E-state index in [1.165, 1.54) is 0 Å². The van der Waals surface area contributed by atoms with Gasteiger partial charge in [-0.2, -0.15) is 0 Å². The molecule has 0 saturated carbocycles. The Morgan fingerprint density at radius 2 is 2.11 bits per heavy atom. The number of furan rings is 1. The number of benzene rings is 1. The second kappa shape index (κ2) is 6.99. The van der Waals surface area contributed by atoms with Crippen molar-refractivity contribution in [3.05, 3.63) is 58.0 Å². The fourth-order valence-electron chi connectivity index (χ4n) is 1.98. The van der Waals surface area contributed by atoms with Gasteiger partial charge in [-0.3, -0.25) is 0 Å². The van der Waals surface area contributed by atoms with Crippen LogP contribution in [-0.4, -0.2) is 12.6 Å². The van der Waals surface area contributed by atoms with Crippen LogP contribution in [0, 0.1) is 0 Å². The SMILES string of the molecule is CC(Cc1ccco1)NCCc1ccc(Cl)cc1Cl. The fourth-order valence-corrected chi connectivity index (χ4v) is 2.48. The van der Waals surface area contributed by atoms with E-state index in [2.05, 4.69) is 12.2 Å². The summed E-state index contributed by atoms with van der Waals surface area (Å²) in [5.41, 5.74) is 1.11. The summed E-state index contributed by atoms with van der Waals surface area (Å²) >= 11 is 12.0. The van der Waals surface area contributed by atoms with Crippen molar-refractivity contribution < 1.29 is 4.42 Å². The van der Waals surface area contributed by atoms with E-state index in [0.29, 0.717) is 11.1 Å². The lowest BCUT2D eigenvalue weighted by Gasteiger charge is -2.13. The lowest BCUT2D eigenvalue weighted by atomic mass is 10.1. The van der Waals surface area contributed by atoms with Crippen molar-refractivity contribution in [2.75, 3.05) is 6.54 Å². The molecule has 1 aromatic heterocycles. The molecule has 1 heterocycles. The standard InChI is InChI=1S/C15H17Cl2NO/c1-11(9-14-3-2-8-19-14)18-7-6-12-4-5-13(16)10-15(12)17/h2-5,8,10-11,18H,6-7,9H2,1H3. The van der Waals surface area contributed by atoms with Crippen molar-refractivity contribution in [3.63, 3.8) is 0 Å². The summed E-state index contributed by atoms with van der Waals surface area (Å²) in [6.45, 7) is 3.02. The van der Waals surface area contributed by atoms with Crippen molar-refractivity contribution in [1.82, 2.24) is 5.32 Å². The van der Waals surface area contributed by atoms with Gasteiger partial charge in [0.1, 0.15) is 5.76 Å². The third-order valence-electron chi connectivity index (χ3n) is 2.99. The van der Waals surface area contributed by atoms with Crippen LogP contribution in [0.5, 0.6) is 0 Å². The maximum Gasteiger partial charge on any atom is 0.105 e. The summed E-state index contributed by atoms with van der Waals surface area (Å²) in [4.78, 5) is 0. The summed E-state index contributed by atoms with van der Waals surface area (Å²) < 4.78 is 5.33. The highest BCUT2D eigenvalue weighted by Gasteiger charge is 2.06. The van der Waals surface area contributed by atoms with Crippen LogP contribution in [0.2, 0.25) is 10.0 Å². The highest BCUT2D eigenvalue weighted by molar-refractivity contribution is 6.35. The molecule has 0 radical (unpaired) electrons. The minimum Gasteiger partial charge on any atom is -0.469 e. The van der Waals surface area contributed by atoms with E-state index in [1.54, 1.807) is 12.3 Å². The van der Waals surface area contributed by atoms with Crippen LogP contribution < -0.4 is 5.32 Å². The maximum absolute atomic E-state index is 6.13. The number of hydrogen-bond donors (Lipinski definition) is 1. The van der Waals surface area contributed by atoms with Crippen LogP contribution in [0.3, 0.4) is 0 Å². The van der Waals surface area contributed by atoms with Gasteiger partial charge in [0, 0.05) is 22.5 Å². The average molecular weight is 298 g/mol. The zero-order valence-corrected chi connectivity index (χ0v) is 12.3. The predicted octanol–water partition coefficient (Wildman–Crippen LogP) is 4.35. The first-order valence-electron chi connectivity index (χ1n) is 6.35. The van der Waals surface area contributed by atoms with Crippen LogP contribution in [0.25, 0.3) is 0 Å². The summed E-state index contributed by atoms with van der Waals surface area (Å²) in [5, 5.41) is 4.86. The Kier molecular flexibility index (Phi) is 5.32. The smallest absolute Gasteiger partial charge is 0.105 e. The van der Waals surface area contributed by atoms with E-state index in [1.807, 2.05) is 24.3 Å². The minimum atomic E-state index is 0.372. The van der Waals surface area contributed by atoms with E-state index < -0.39 is 0 Å². The molecule has 19 heavy (non-hydrogen) atoms.